The number of carbonyl (C=O) groups is 1. The summed E-state index contributed by atoms with van der Waals surface area (Å²) >= 11 is 1.94. The number of carbonyl (C=O) groups excluding carboxylic acids is 1. The molecular weight excluding hydrogens is 234 g/mol. The van der Waals surface area contributed by atoms with Crippen molar-refractivity contribution in [1.82, 2.24) is 0 Å². The molecule has 1 aliphatic rings. The average molecular weight is 251 g/mol. The Morgan fingerprint density at radius 1 is 1.47 bits per heavy atom. The monoisotopic (exact) mass is 251 g/mol. The van der Waals surface area contributed by atoms with Crippen molar-refractivity contribution >= 4 is 29.0 Å². The van der Waals surface area contributed by atoms with Gasteiger partial charge in [0.1, 0.15) is 0 Å². The quantitative estimate of drug-likeness (QED) is 0.714. The lowest BCUT2D eigenvalue weighted by Gasteiger charge is -2.24. The van der Waals surface area contributed by atoms with Crippen LogP contribution in [0.1, 0.15) is 23.2 Å². The third kappa shape index (κ3) is 3.06. The van der Waals surface area contributed by atoms with Gasteiger partial charge in [-0.25, -0.2) is 0 Å². The van der Waals surface area contributed by atoms with Crippen molar-refractivity contribution in [3.8, 4) is 0 Å². The molecule has 1 unspecified atom stereocenters. The summed E-state index contributed by atoms with van der Waals surface area (Å²) in [6, 6.07) is 5.65. The summed E-state index contributed by atoms with van der Waals surface area (Å²) in [4.78, 5) is 11.3. The van der Waals surface area contributed by atoms with Crippen LogP contribution in [0.25, 0.3) is 0 Å². The van der Waals surface area contributed by atoms with Crippen LogP contribution in [-0.2, 0) is 0 Å². The predicted molar refractivity (Wildman–Crippen MR) is 73.3 cm³/mol. The summed E-state index contributed by atoms with van der Waals surface area (Å²) < 4.78 is 0. The van der Waals surface area contributed by atoms with Crippen molar-refractivity contribution in [2.24, 2.45) is 5.73 Å². The molecule has 1 aliphatic heterocycles. The first-order valence-corrected chi connectivity index (χ1v) is 6.86. The number of rotatable bonds is 3. The first kappa shape index (κ1) is 12.1. The first-order valence-electron chi connectivity index (χ1n) is 5.70. The van der Waals surface area contributed by atoms with Gasteiger partial charge in [-0.2, -0.15) is 11.8 Å². The van der Waals surface area contributed by atoms with Crippen molar-refractivity contribution in [1.29, 1.82) is 0 Å². The van der Waals surface area contributed by atoms with Crippen LogP contribution in [-0.4, -0.2) is 23.5 Å². The van der Waals surface area contributed by atoms with Crippen LogP contribution >= 0.6 is 11.8 Å². The van der Waals surface area contributed by atoms with E-state index in [0.717, 1.165) is 17.9 Å². The Morgan fingerprint density at radius 2 is 2.29 bits per heavy atom. The molecule has 5 N–H and O–H groups in total. The fourth-order valence-corrected chi connectivity index (χ4v) is 3.04. The molecule has 0 aliphatic carbocycles. The number of thioether (sulfide) groups is 1. The van der Waals surface area contributed by atoms with E-state index in [9.17, 15) is 4.79 Å². The van der Waals surface area contributed by atoms with Gasteiger partial charge in [-0.05, 0) is 36.8 Å². The van der Waals surface area contributed by atoms with Gasteiger partial charge in [0.2, 0.25) is 0 Å². The summed E-state index contributed by atoms with van der Waals surface area (Å²) in [5, 5.41) is 3.38. The van der Waals surface area contributed by atoms with Gasteiger partial charge in [0.05, 0.1) is 5.56 Å². The maximum absolute atomic E-state index is 11.3. The van der Waals surface area contributed by atoms with Gasteiger partial charge >= 0.3 is 0 Å². The Labute approximate surface area is 105 Å². The van der Waals surface area contributed by atoms with Crippen LogP contribution in [0.5, 0.6) is 0 Å². The van der Waals surface area contributed by atoms with Crippen LogP contribution in [0.4, 0.5) is 11.4 Å². The second kappa shape index (κ2) is 5.31. The molecule has 4 nitrogen and oxygen atoms in total. The molecule has 1 heterocycles. The predicted octanol–water partition coefficient (Wildman–Crippen LogP) is 1.68. The van der Waals surface area contributed by atoms with E-state index in [1.165, 1.54) is 12.2 Å². The van der Waals surface area contributed by atoms with E-state index >= 15 is 0 Å². The van der Waals surface area contributed by atoms with Crippen molar-refractivity contribution < 1.29 is 4.79 Å². The van der Waals surface area contributed by atoms with Gasteiger partial charge < -0.3 is 16.8 Å². The Bertz CT molecular complexity index is 416. The molecule has 0 saturated carbocycles. The second-order valence-electron chi connectivity index (χ2n) is 4.23. The molecule has 17 heavy (non-hydrogen) atoms. The SMILES string of the molecule is NC(=O)c1cc(N)ccc1NC1CCCSC1. The molecule has 1 fully saturated rings. The minimum atomic E-state index is -0.441. The molecule has 1 amide bonds. The van der Waals surface area contributed by atoms with E-state index in [2.05, 4.69) is 5.32 Å². The molecule has 1 saturated heterocycles. The Balaban J connectivity index is 2.16. The third-order valence-electron chi connectivity index (χ3n) is 2.83. The highest BCUT2D eigenvalue weighted by Crippen LogP contribution is 2.24. The highest BCUT2D eigenvalue weighted by molar-refractivity contribution is 7.99. The lowest BCUT2D eigenvalue weighted by molar-refractivity contribution is 0.100. The number of hydrogen-bond donors (Lipinski definition) is 3. The van der Waals surface area contributed by atoms with E-state index in [1.54, 1.807) is 12.1 Å². The molecule has 5 heteroatoms. The molecule has 0 bridgehead atoms. The molecule has 1 atom stereocenters. The molecule has 1 aromatic rings. The van der Waals surface area contributed by atoms with E-state index in [1.807, 2.05) is 17.8 Å². The summed E-state index contributed by atoms with van der Waals surface area (Å²) in [5.41, 5.74) is 12.8. The van der Waals surface area contributed by atoms with Gasteiger partial charge in [0.25, 0.3) is 5.91 Å². The number of primary amides is 1. The number of benzene rings is 1. The number of amides is 1. The van der Waals surface area contributed by atoms with E-state index in [-0.39, 0.29) is 0 Å². The molecule has 0 spiro atoms. The topological polar surface area (TPSA) is 81.1 Å². The van der Waals surface area contributed by atoms with Crippen molar-refractivity contribution in [3.05, 3.63) is 23.8 Å². The van der Waals surface area contributed by atoms with Crippen LogP contribution in [0, 0.1) is 0 Å². The number of nitrogens with one attached hydrogen (secondary N) is 1. The van der Waals surface area contributed by atoms with Crippen molar-refractivity contribution in [2.75, 3.05) is 22.6 Å². The number of anilines is 2. The van der Waals surface area contributed by atoms with Gasteiger partial charge in [-0.15, -0.1) is 0 Å². The second-order valence-corrected chi connectivity index (χ2v) is 5.38. The fourth-order valence-electron chi connectivity index (χ4n) is 1.97. The summed E-state index contributed by atoms with van der Waals surface area (Å²) in [7, 11) is 0. The van der Waals surface area contributed by atoms with E-state index < -0.39 is 5.91 Å². The number of nitrogens with two attached hydrogens (primary N) is 2. The third-order valence-corrected chi connectivity index (χ3v) is 4.04. The standard InChI is InChI=1S/C12H17N3OS/c13-8-3-4-11(10(6-8)12(14)16)15-9-2-1-5-17-7-9/h3-4,6,9,15H,1-2,5,7,13H2,(H2,14,16). The minimum absolute atomic E-state index is 0.412. The Hall–Kier alpha value is -1.36. The molecular formula is C12H17N3OS. The fraction of sp³-hybridized carbons (Fsp3) is 0.417. The number of hydrogen-bond acceptors (Lipinski definition) is 4. The lowest BCUT2D eigenvalue weighted by Crippen LogP contribution is -2.27. The molecule has 1 aromatic carbocycles. The molecule has 2 rings (SSSR count). The molecule has 92 valence electrons. The van der Waals surface area contributed by atoms with E-state index in [4.69, 9.17) is 11.5 Å². The van der Waals surface area contributed by atoms with Gasteiger partial charge in [-0.1, -0.05) is 0 Å². The van der Waals surface area contributed by atoms with Crippen LogP contribution in [0.15, 0.2) is 18.2 Å². The Kier molecular flexibility index (Phi) is 3.78. The van der Waals surface area contributed by atoms with Crippen LogP contribution in [0.2, 0.25) is 0 Å². The largest absolute Gasteiger partial charge is 0.399 e. The highest BCUT2D eigenvalue weighted by atomic mass is 32.2. The van der Waals surface area contributed by atoms with Crippen LogP contribution < -0.4 is 16.8 Å². The lowest BCUT2D eigenvalue weighted by atomic mass is 10.1. The summed E-state index contributed by atoms with van der Waals surface area (Å²) in [5.74, 6) is 1.86. The maximum Gasteiger partial charge on any atom is 0.250 e. The van der Waals surface area contributed by atoms with Gasteiger partial charge in [-0.3, -0.25) is 4.79 Å². The van der Waals surface area contributed by atoms with E-state index in [0.29, 0.717) is 17.3 Å². The van der Waals surface area contributed by atoms with Crippen molar-refractivity contribution in [2.45, 2.75) is 18.9 Å². The molecule has 0 aromatic heterocycles. The maximum atomic E-state index is 11.3. The zero-order chi connectivity index (χ0) is 12.3. The minimum Gasteiger partial charge on any atom is -0.399 e. The summed E-state index contributed by atoms with van der Waals surface area (Å²) in [6.45, 7) is 0. The van der Waals surface area contributed by atoms with Gasteiger partial charge in [0.15, 0.2) is 0 Å². The average Bonchev–Trinajstić information content (AvgIpc) is 2.32. The summed E-state index contributed by atoms with van der Waals surface area (Å²) in [6.07, 6.45) is 2.35. The Morgan fingerprint density at radius 3 is 2.94 bits per heavy atom. The zero-order valence-electron chi connectivity index (χ0n) is 9.61. The van der Waals surface area contributed by atoms with Gasteiger partial charge in [0, 0.05) is 23.2 Å². The zero-order valence-corrected chi connectivity index (χ0v) is 10.4. The molecule has 0 radical (unpaired) electrons. The van der Waals surface area contributed by atoms with Crippen molar-refractivity contribution in [3.63, 3.8) is 0 Å². The smallest absolute Gasteiger partial charge is 0.250 e. The van der Waals surface area contributed by atoms with Crippen LogP contribution in [0.3, 0.4) is 0 Å². The highest BCUT2D eigenvalue weighted by Gasteiger charge is 2.16. The number of nitrogen functional groups attached to an aromatic ring is 1. The normalized spacial score (nSPS) is 19.9. The first-order chi connectivity index (χ1) is 8.16.